The monoisotopic (exact) mass is 329 g/mol. The first-order chi connectivity index (χ1) is 11.5. The number of rotatable bonds is 7. The summed E-state index contributed by atoms with van der Waals surface area (Å²) in [5.41, 5.74) is 0.461. The van der Waals surface area contributed by atoms with Crippen LogP contribution in [0.15, 0.2) is 35.3 Å². The molecule has 2 atom stereocenters. The van der Waals surface area contributed by atoms with Crippen LogP contribution in [0.25, 0.3) is 0 Å². The van der Waals surface area contributed by atoms with Gasteiger partial charge in [-0.25, -0.2) is 0 Å². The molecule has 24 heavy (non-hydrogen) atoms. The first kappa shape index (κ1) is 17.7. The highest BCUT2D eigenvalue weighted by molar-refractivity contribution is 6.23. The number of benzene rings is 1. The second kappa shape index (κ2) is 8.29. The maximum atomic E-state index is 12.5. The third-order valence-electron chi connectivity index (χ3n) is 3.98. The van der Waals surface area contributed by atoms with Crippen LogP contribution in [0.5, 0.6) is 0 Å². The van der Waals surface area contributed by atoms with E-state index in [1.165, 1.54) is 6.21 Å². The minimum atomic E-state index is -0.999. The van der Waals surface area contributed by atoms with Crippen LogP contribution in [0, 0.1) is 11.8 Å². The van der Waals surface area contributed by atoms with E-state index in [1.807, 2.05) is 0 Å². The zero-order valence-corrected chi connectivity index (χ0v) is 13.2. The topological polar surface area (TPSA) is 101 Å². The second-order valence-corrected chi connectivity index (χ2v) is 5.72. The number of carbonyl (C=O) groups excluding carboxylic acids is 3. The minimum absolute atomic E-state index is 0.0149. The number of carbonyl (C=O) groups is 4. The Hall–Kier alpha value is -2.63. The van der Waals surface area contributed by atoms with Gasteiger partial charge in [-0.1, -0.05) is 30.3 Å². The molecule has 0 spiro atoms. The molecule has 0 radical (unpaired) electrons. The van der Waals surface area contributed by atoms with Gasteiger partial charge in [-0.3, -0.25) is 24.2 Å². The first-order valence-electron chi connectivity index (χ1n) is 7.88. The van der Waals surface area contributed by atoms with Crippen LogP contribution in [0.1, 0.15) is 36.0 Å². The Morgan fingerprint density at radius 3 is 2.58 bits per heavy atom. The normalized spacial score (nSPS) is 21.2. The summed E-state index contributed by atoms with van der Waals surface area (Å²) in [6.45, 7) is 0.237. The van der Waals surface area contributed by atoms with Gasteiger partial charge in [0.05, 0.1) is 5.92 Å². The molecule has 0 aromatic heterocycles. The Kier molecular flexibility index (Phi) is 6.12. The lowest BCUT2D eigenvalue weighted by molar-refractivity contribution is -0.137. The molecule has 0 heterocycles. The number of hydrogen-bond acceptors (Lipinski definition) is 5. The lowest BCUT2D eigenvalue weighted by Crippen LogP contribution is -2.40. The van der Waals surface area contributed by atoms with E-state index >= 15 is 0 Å². The summed E-state index contributed by atoms with van der Waals surface area (Å²) in [6, 6.07) is 8.55. The summed E-state index contributed by atoms with van der Waals surface area (Å²) in [6.07, 6.45) is 2.00. The fourth-order valence-electron chi connectivity index (χ4n) is 2.68. The molecular weight excluding hydrogens is 310 g/mol. The van der Waals surface area contributed by atoms with E-state index in [0.29, 0.717) is 12.0 Å². The van der Waals surface area contributed by atoms with Crippen LogP contribution in [-0.2, 0) is 14.4 Å². The first-order valence-corrected chi connectivity index (χ1v) is 7.88. The smallest absolute Gasteiger partial charge is 0.303 e. The van der Waals surface area contributed by atoms with Crippen molar-refractivity contribution >= 4 is 29.5 Å². The molecule has 0 bridgehead atoms. The van der Waals surface area contributed by atoms with Crippen molar-refractivity contribution in [3.8, 4) is 0 Å². The highest BCUT2D eigenvalue weighted by Crippen LogP contribution is 2.25. The molecule has 2 rings (SSSR count). The van der Waals surface area contributed by atoms with E-state index in [-0.39, 0.29) is 37.4 Å². The Morgan fingerprint density at radius 1 is 1.21 bits per heavy atom. The summed E-state index contributed by atoms with van der Waals surface area (Å²) in [7, 11) is 0. The van der Waals surface area contributed by atoms with Gasteiger partial charge < -0.3 is 5.11 Å². The average Bonchev–Trinajstić information content (AvgIpc) is 2.57. The molecule has 6 heteroatoms. The molecule has 0 aliphatic heterocycles. The van der Waals surface area contributed by atoms with Crippen LogP contribution in [0.2, 0.25) is 0 Å². The summed E-state index contributed by atoms with van der Waals surface area (Å²) in [5.74, 6) is -3.65. The third-order valence-corrected chi connectivity index (χ3v) is 3.98. The fraction of sp³-hybridized carbons (Fsp3) is 0.389. The van der Waals surface area contributed by atoms with Crippen molar-refractivity contribution in [3.05, 3.63) is 35.9 Å². The highest BCUT2D eigenvalue weighted by atomic mass is 16.4. The summed E-state index contributed by atoms with van der Waals surface area (Å²) >= 11 is 0. The molecule has 1 aliphatic rings. The fourth-order valence-corrected chi connectivity index (χ4v) is 2.68. The van der Waals surface area contributed by atoms with Gasteiger partial charge in [0.25, 0.3) is 0 Å². The lowest BCUT2D eigenvalue weighted by Gasteiger charge is -2.23. The number of aliphatic imine (C=N–C) groups is 1. The standard InChI is InChI=1S/C18H19NO5/c20-15-9-8-13(17(23)12-5-2-1-3-6-12)18(24)14(15)11-19-10-4-7-16(21)22/h1-3,5-6,11,13-14H,4,7-10H2,(H,21,22)/t13-,14+/m0/s1. The predicted molar refractivity (Wildman–Crippen MR) is 87.2 cm³/mol. The summed E-state index contributed by atoms with van der Waals surface area (Å²) < 4.78 is 0. The summed E-state index contributed by atoms with van der Waals surface area (Å²) in [4.78, 5) is 51.3. The van der Waals surface area contributed by atoms with E-state index in [0.717, 1.165) is 0 Å². The predicted octanol–water partition coefficient (Wildman–Crippen LogP) is 1.97. The quantitative estimate of drug-likeness (QED) is 0.357. The van der Waals surface area contributed by atoms with E-state index in [9.17, 15) is 19.2 Å². The third kappa shape index (κ3) is 4.44. The highest BCUT2D eigenvalue weighted by Gasteiger charge is 2.39. The van der Waals surface area contributed by atoms with Crippen molar-refractivity contribution in [2.75, 3.05) is 6.54 Å². The zero-order chi connectivity index (χ0) is 17.5. The van der Waals surface area contributed by atoms with Crippen molar-refractivity contribution in [3.63, 3.8) is 0 Å². The van der Waals surface area contributed by atoms with Gasteiger partial charge in [0.1, 0.15) is 11.7 Å². The SMILES string of the molecule is O=C(O)CCCN=C[C@@H]1C(=O)CC[C@@H](C(=O)c2ccccc2)C1=O. The molecule has 0 saturated heterocycles. The molecule has 1 N–H and O–H groups in total. The van der Waals surface area contributed by atoms with Crippen molar-refractivity contribution in [2.45, 2.75) is 25.7 Å². The van der Waals surface area contributed by atoms with Gasteiger partial charge >= 0.3 is 5.97 Å². The number of ketones is 3. The second-order valence-electron chi connectivity index (χ2n) is 5.72. The Morgan fingerprint density at radius 2 is 1.92 bits per heavy atom. The van der Waals surface area contributed by atoms with Crippen LogP contribution in [0.4, 0.5) is 0 Å². The van der Waals surface area contributed by atoms with Gasteiger partial charge in [0.15, 0.2) is 11.6 Å². The molecule has 1 fully saturated rings. The molecule has 126 valence electrons. The van der Waals surface area contributed by atoms with E-state index in [2.05, 4.69) is 4.99 Å². The molecule has 6 nitrogen and oxygen atoms in total. The molecule has 1 saturated carbocycles. The average molecular weight is 329 g/mol. The minimum Gasteiger partial charge on any atom is -0.481 e. The lowest BCUT2D eigenvalue weighted by atomic mass is 9.76. The zero-order valence-electron chi connectivity index (χ0n) is 13.2. The van der Waals surface area contributed by atoms with Crippen molar-refractivity contribution < 1.29 is 24.3 Å². The number of carboxylic acid groups (broad SMARTS) is 1. The van der Waals surface area contributed by atoms with Crippen molar-refractivity contribution in [1.82, 2.24) is 0 Å². The van der Waals surface area contributed by atoms with Gasteiger partial charge in [-0.15, -0.1) is 0 Å². The van der Waals surface area contributed by atoms with Crippen LogP contribution in [0.3, 0.4) is 0 Å². The number of aliphatic carboxylic acids is 1. The molecule has 1 aliphatic carbocycles. The van der Waals surface area contributed by atoms with Crippen LogP contribution < -0.4 is 0 Å². The number of hydrogen-bond donors (Lipinski definition) is 1. The van der Waals surface area contributed by atoms with E-state index < -0.39 is 23.6 Å². The Bertz CT molecular complexity index is 665. The molecule has 0 unspecified atom stereocenters. The Labute approximate surface area is 139 Å². The molecule has 1 aromatic carbocycles. The van der Waals surface area contributed by atoms with Crippen molar-refractivity contribution in [2.24, 2.45) is 16.8 Å². The Balaban J connectivity index is 2.03. The number of nitrogens with zero attached hydrogens (tertiary/aromatic N) is 1. The maximum Gasteiger partial charge on any atom is 0.303 e. The van der Waals surface area contributed by atoms with Gasteiger partial charge in [-0.2, -0.15) is 0 Å². The molecule has 1 aromatic rings. The van der Waals surface area contributed by atoms with Gasteiger partial charge in [0, 0.05) is 31.2 Å². The molecular formula is C18H19NO5. The largest absolute Gasteiger partial charge is 0.481 e. The number of Topliss-reactive ketones (excluding diaryl/α,β-unsaturated/α-hetero) is 3. The van der Waals surface area contributed by atoms with Gasteiger partial charge in [-0.05, 0) is 12.8 Å². The molecule has 0 amide bonds. The van der Waals surface area contributed by atoms with Crippen molar-refractivity contribution in [1.29, 1.82) is 0 Å². The summed E-state index contributed by atoms with van der Waals surface area (Å²) in [5, 5.41) is 8.55. The van der Waals surface area contributed by atoms with E-state index in [4.69, 9.17) is 5.11 Å². The van der Waals surface area contributed by atoms with Gasteiger partial charge in [0.2, 0.25) is 0 Å². The maximum absolute atomic E-state index is 12.5. The van der Waals surface area contributed by atoms with Crippen LogP contribution >= 0.6 is 0 Å². The van der Waals surface area contributed by atoms with E-state index in [1.54, 1.807) is 30.3 Å². The van der Waals surface area contributed by atoms with Crippen LogP contribution in [-0.4, -0.2) is 41.2 Å². The number of carboxylic acids is 1.